The van der Waals surface area contributed by atoms with E-state index in [1.165, 1.54) is 131 Å². The van der Waals surface area contributed by atoms with Crippen LogP contribution in [0.2, 0.25) is 98.2 Å². The van der Waals surface area contributed by atoms with Crippen LogP contribution in [0.15, 0.2) is 152 Å². The van der Waals surface area contributed by atoms with Crippen molar-refractivity contribution in [2.75, 3.05) is 0 Å². The van der Waals surface area contributed by atoms with Gasteiger partial charge >= 0.3 is 0 Å². The van der Waals surface area contributed by atoms with Gasteiger partial charge in [0.2, 0.25) is 0 Å². The molecule has 0 atom stereocenters. The molecule has 0 N–H and O–H groups in total. The van der Waals surface area contributed by atoms with E-state index in [1.807, 2.05) is 36.4 Å². The van der Waals surface area contributed by atoms with Crippen LogP contribution in [0.1, 0.15) is 147 Å². The number of hydrogen-bond acceptors (Lipinski definition) is 5. The number of aryl methyl sites for hydroxylation is 6. The van der Waals surface area contributed by atoms with Gasteiger partial charge in [-0.05, 0) is 104 Å². The topological polar surface area (TPSA) is 64.5 Å². The van der Waals surface area contributed by atoms with E-state index < -0.39 is 40.4 Å². The van der Waals surface area contributed by atoms with Gasteiger partial charge in [-0.15, -0.1) is 177 Å². The fourth-order valence-corrected chi connectivity index (χ4v) is 23.2. The minimum atomic E-state index is -1.37. The maximum atomic E-state index is 4.80. The van der Waals surface area contributed by atoms with Crippen molar-refractivity contribution in [2.45, 2.75) is 250 Å². The molecule has 0 amide bonds. The first-order chi connectivity index (χ1) is 49.8. The van der Waals surface area contributed by atoms with Crippen molar-refractivity contribution < 1.29 is 101 Å². The van der Waals surface area contributed by atoms with Crippen LogP contribution in [0.4, 0.5) is 0 Å². The normalized spacial score (nSPS) is 13.1. The number of nitrogens with zero attached hydrogens (tertiary/aromatic N) is 5. The van der Waals surface area contributed by atoms with Crippen LogP contribution in [0.3, 0.4) is 0 Å². The fourth-order valence-electron chi connectivity index (χ4n) is 15.0. The summed E-state index contributed by atoms with van der Waals surface area (Å²) in [5.74, 6) is 2.94. The van der Waals surface area contributed by atoms with Crippen molar-refractivity contribution in [2.24, 2.45) is 17.8 Å². The molecule has 12 rings (SSSR count). The number of rotatable bonds is 17. The molecule has 0 spiro atoms. The molecule has 5 heterocycles. The largest absolute Gasteiger partial charge is 0.305 e. The summed E-state index contributed by atoms with van der Waals surface area (Å²) >= 11 is 0. The zero-order valence-corrected chi connectivity index (χ0v) is 88.6. The van der Waals surface area contributed by atoms with E-state index in [-0.39, 0.29) is 101 Å². The number of aromatic nitrogens is 5. The van der Waals surface area contributed by atoms with E-state index in [0.717, 1.165) is 74.5 Å². The molecule has 0 unspecified atom stereocenters. The average molecular weight is 2450 g/mol. The van der Waals surface area contributed by atoms with Gasteiger partial charge in [-0.25, -0.2) is 0 Å². The van der Waals surface area contributed by atoms with E-state index >= 15 is 0 Å². The van der Waals surface area contributed by atoms with E-state index in [2.05, 4.69) is 319 Å². The van der Waals surface area contributed by atoms with Gasteiger partial charge < -0.3 is 24.9 Å². The predicted octanol–water partition coefficient (Wildman–Crippen LogP) is 23.5. The van der Waals surface area contributed by atoms with Gasteiger partial charge in [-0.3, -0.25) is 0 Å². The van der Waals surface area contributed by atoms with Gasteiger partial charge in [0, 0.05) is 132 Å². The van der Waals surface area contributed by atoms with Crippen LogP contribution in [-0.4, -0.2) is 65.3 Å². The number of benzene rings is 5. The minimum absolute atomic E-state index is 0. The standard InChI is InChI=1S/C22H30NSi.C21H28NSi.C19H26NSi.C18H24NSi.C16H20NSi.5Ir/c1-17-10-12-19(13-11-17)21-15-20(14-18-8-6-5-7-9-18)22(16-23-21)24(2,3)4;1-16-9-11-18(12-10-16)20-14-19(13-17-7-5-6-8-17)21(15-22-20)23(2,3)4;1-14(2)11-16-12-18(17-10-8-7-9-15(17)3)20-13-19(16)21(4,5)6;1-13(2)16-11-17(15-10-8-7-9-14(15)3)19-12-18(16)20(4,5)6;1-12-8-6-7-9-14(12)15-10-13(2)16(11-17-15)18(3,4)5;;;;;/h10-12,15-16,18H,5-9,14H2,1-4H3;9-11,14-15,17H,5-8,13H2,1-4H3;7-9,12-14H,11H2,1-6H3;7-9,11-13H,1-6H3;6-8,10-11H,1-5H3;;;;;/q5*-1;;;;;. The quantitative estimate of drug-likeness (QED) is 0.0671. The Morgan fingerprint density at radius 3 is 0.982 bits per heavy atom. The molecule has 5 nitrogen and oxygen atoms in total. The van der Waals surface area contributed by atoms with Gasteiger partial charge in [-0.1, -0.05) is 276 Å². The molecule has 0 bridgehead atoms. The van der Waals surface area contributed by atoms with Crippen LogP contribution in [-0.2, 0) is 120 Å². The smallest absolute Gasteiger partial charge is 0.0799 e. The third kappa shape index (κ3) is 30.3. The first kappa shape index (κ1) is 101. The van der Waals surface area contributed by atoms with Crippen molar-refractivity contribution >= 4 is 66.3 Å². The number of pyridine rings is 5. The monoisotopic (exact) mass is 2460 g/mol. The molecular weight excluding hydrogens is 2320 g/mol. The molecule has 2 aliphatic carbocycles. The predicted molar refractivity (Wildman–Crippen MR) is 474 cm³/mol. The minimum Gasteiger partial charge on any atom is -0.305 e. The third-order valence-corrected chi connectivity index (χ3v) is 31.3. The van der Waals surface area contributed by atoms with Gasteiger partial charge in [0.15, 0.2) is 0 Å². The molecule has 0 aliphatic heterocycles. The summed E-state index contributed by atoms with van der Waals surface area (Å²) in [6.07, 6.45) is 26.9. The summed E-state index contributed by atoms with van der Waals surface area (Å²) < 4.78 is 0. The number of hydrogen-bond donors (Lipinski definition) is 0. The van der Waals surface area contributed by atoms with E-state index in [1.54, 1.807) is 21.5 Å². The summed E-state index contributed by atoms with van der Waals surface area (Å²) in [4.78, 5) is 23.7. The molecule has 5 aromatic heterocycles. The van der Waals surface area contributed by atoms with Crippen LogP contribution >= 0.6 is 0 Å². The molecule has 5 radical (unpaired) electrons. The Hall–Kier alpha value is -3.82. The van der Waals surface area contributed by atoms with Gasteiger partial charge in [0.05, 0.1) is 40.4 Å². The molecule has 10 aromatic rings. The fraction of sp³-hybridized carbons (Fsp3) is 0.427. The molecule has 607 valence electrons. The molecular formula is C96H128Ir5N5Si5-5. The molecule has 0 saturated heterocycles. The van der Waals surface area contributed by atoms with Crippen LogP contribution < -0.4 is 25.9 Å². The first-order valence-electron chi connectivity index (χ1n) is 39.7. The zero-order chi connectivity index (χ0) is 77.5. The Labute approximate surface area is 746 Å². The second-order valence-electron chi connectivity index (χ2n) is 36.5. The average Bonchev–Trinajstić information content (AvgIpc) is 1.32. The first-order valence-corrected chi connectivity index (χ1v) is 57.2. The molecule has 2 aliphatic rings. The van der Waals surface area contributed by atoms with E-state index in [9.17, 15) is 0 Å². The third-order valence-electron chi connectivity index (χ3n) is 21.0. The second-order valence-corrected chi connectivity index (χ2v) is 61.7. The zero-order valence-electron chi connectivity index (χ0n) is 71.6. The Kier molecular flexibility index (Phi) is 41.8. The molecule has 2 saturated carbocycles. The van der Waals surface area contributed by atoms with Crippen molar-refractivity contribution in [3.05, 3.63) is 238 Å². The summed E-state index contributed by atoms with van der Waals surface area (Å²) in [7, 11) is -6.72. The van der Waals surface area contributed by atoms with Gasteiger partial charge in [-0.2, -0.15) is 0 Å². The van der Waals surface area contributed by atoms with E-state index in [4.69, 9.17) is 19.9 Å². The molecule has 15 heteroatoms. The Morgan fingerprint density at radius 1 is 0.342 bits per heavy atom. The summed E-state index contributed by atoms with van der Waals surface area (Å²) in [6, 6.07) is 59.2. The molecule has 111 heavy (non-hydrogen) atoms. The second kappa shape index (κ2) is 45.8. The Morgan fingerprint density at radius 2 is 0.658 bits per heavy atom. The Balaban J connectivity index is 0.000000357. The van der Waals surface area contributed by atoms with Crippen LogP contribution in [0, 0.1) is 89.6 Å². The van der Waals surface area contributed by atoms with Gasteiger partial charge in [0.25, 0.3) is 0 Å². The molecule has 2 fully saturated rings. The summed E-state index contributed by atoms with van der Waals surface area (Å²) in [6.45, 7) is 57.9. The van der Waals surface area contributed by atoms with Gasteiger partial charge in [0.1, 0.15) is 0 Å². The van der Waals surface area contributed by atoms with Crippen molar-refractivity contribution in [1.82, 2.24) is 24.9 Å². The van der Waals surface area contributed by atoms with Crippen molar-refractivity contribution in [1.29, 1.82) is 0 Å². The maximum absolute atomic E-state index is 4.80. The van der Waals surface area contributed by atoms with Crippen LogP contribution in [0.25, 0.3) is 56.3 Å². The SMILES string of the molecule is Cc1c[c-]c(-c2cc(CC3CCCC3)c([Si](C)(C)C)cn2)cc1.Cc1c[c-]c(-c2cc(CC3CCCCC3)c([Si](C)(C)C)cn2)cc1.Cc1ccc[c-]c1-c1cc(C(C)C)c([Si](C)(C)C)cn1.Cc1ccc[c-]c1-c1cc(C)c([Si](C)(C)C)cn1.Cc1ccc[c-]c1-c1cc(CC(C)C)c([Si](C)(C)C)cn1.[Ir].[Ir].[Ir].[Ir].[Ir]. The summed E-state index contributed by atoms with van der Waals surface area (Å²) in [5.41, 5.74) is 24.5. The summed E-state index contributed by atoms with van der Waals surface area (Å²) in [5, 5.41) is 7.50. The van der Waals surface area contributed by atoms with Crippen molar-refractivity contribution in [3.63, 3.8) is 0 Å². The van der Waals surface area contributed by atoms with E-state index in [0.29, 0.717) is 11.8 Å². The Bertz CT molecular complexity index is 4500. The molecule has 5 aromatic carbocycles. The maximum Gasteiger partial charge on any atom is 0.0799 e. The van der Waals surface area contributed by atoms with Crippen LogP contribution in [0.5, 0.6) is 0 Å². The van der Waals surface area contributed by atoms with Crippen molar-refractivity contribution in [3.8, 4) is 56.3 Å².